The first-order valence-corrected chi connectivity index (χ1v) is 11.8. The van der Waals surface area contributed by atoms with Gasteiger partial charge in [0.25, 0.3) is 0 Å². The molecule has 1 aliphatic carbocycles. The molecule has 2 aliphatic rings. The number of hydrogen-bond acceptors (Lipinski definition) is 5. The molecule has 7 nitrogen and oxygen atoms in total. The number of carbonyl (C=O) groups is 2. The van der Waals surface area contributed by atoms with Crippen molar-refractivity contribution in [3.63, 3.8) is 0 Å². The van der Waals surface area contributed by atoms with Crippen molar-refractivity contribution in [2.24, 2.45) is 5.41 Å². The Hall–Kier alpha value is -2.49. The van der Waals surface area contributed by atoms with Crippen LogP contribution in [0.4, 0.5) is 18.0 Å². The lowest BCUT2D eigenvalue weighted by molar-refractivity contribution is -0.137. The van der Waals surface area contributed by atoms with Gasteiger partial charge in [-0.15, -0.1) is 0 Å². The van der Waals surface area contributed by atoms with Crippen LogP contribution in [0.3, 0.4) is 0 Å². The lowest BCUT2D eigenvalue weighted by atomic mass is 9.81. The van der Waals surface area contributed by atoms with Gasteiger partial charge >= 0.3 is 12.3 Å². The van der Waals surface area contributed by atoms with Gasteiger partial charge < -0.3 is 24.8 Å². The van der Waals surface area contributed by atoms with Crippen LogP contribution in [0.2, 0.25) is 0 Å². The zero-order valence-electron chi connectivity index (χ0n) is 21.1. The number of alkyl halides is 3. The predicted octanol–water partition coefficient (Wildman–Crippen LogP) is 4.96. The average Bonchev–Trinajstić information content (AvgIpc) is 3.21. The number of rotatable bonds is 5. The van der Waals surface area contributed by atoms with E-state index in [-0.39, 0.29) is 29.8 Å². The van der Waals surface area contributed by atoms with E-state index < -0.39 is 40.6 Å². The number of ether oxygens (including phenoxy) is 3. The topological polar surface area (TPSA) is 85.9 Å². The Labute approximate surface area is 204 Å². The molecule has 3 unspecified atom stereocenters. The summed E-state index contributed by atoms with van der Waals surface area (Å²) in [6.45, 7) is 10.9. The van der Waals surface area contributed by atoms with E-state index in [4.69, 9.17) is 14.2 Å². The molecule has 0 spiro atoms. The van der Waals surface area contributed by atoms with Gasteiger partial charge in [-0.2, -0.15) is 13.2 Å². The summed E-state index contributed by atoms with van der Waals surface area (Å²) in [7, 11) is 0. The summed E-state index contributed by atoms with van der Waals surface area (Å²) in [5, 5.41) is 5.62. The van der Waals surface area contributed by atoms with E-state index in [9.17, 15) is 22.8 Å². The first-order valence-electron chi connectivity index (χ1n) is 11.8. The van der Waals surface area contributed by atoms with Crippen LogP contribution >= 0.6 is 0 Å². The highest BCUT2D eigenvalue weighted by molar-refractivity contribution is 5.84. The largest absolute Gasteiger partial charge is 0.488 e. The third kappa shape index (κ3) is 6.80. The maximum absolute atomic E-state index is 13.4. The van der Waals surface area contributed by atoms with Crippen molar-refractivity contribution in [1.29, 1.82) is 0 Å². The van der Waals surface area contributed by atoms with Crippen LogP contribution in [0.5, 0.6) is 5.75 Å². The number of alkyl carbamates (subject to hydrolysis) is 1. The van der Waals surface area contributed by atoms with E-state index in [1.165, 1.54) is 6.07 Å². The SMILES string of the molecule is CC(C)(C)OC(=O)NC1CC2OCCC2(C(=O)NCc2cc(C(F)(F)F)ccc2OC(C)(C)C)C1. The quantitative estimate of drug-likeness (QED) is 0.597. The summed E-state index contributed by atoms with van der Waals surface area (Å²) in [6, 6.07) is 2.94. The number of fused-ring (bicyclic) bond motifs is 1. The Morgan fingerprint density at radius 3 is 2.40 bits per heavy atom. The van der Waals surface area contributed by atoms with E-state index in [2.05, 4.69) is 10.6 Å². The maximum Gasteiger partial charge on any atom is 0.416 e. The third-order valence-corrected chi connectivity index (χ3v) is 6.01. The number of benzene rings is 1. The van der Waals surface area contributed by atoms with Gasteiger partial charge in [0.05, 0.1) is 17.1 Å². The molecular formula is C25H35F3N2O5. The van der Waals surface area contributed by atoms with Crippen LogP contribution in [0.1, 0.15) is 71.9 Å². The van der Waals surface area contributed by atoms with Crippen molar-refractivity contribution in [2.75, 3.05) is 6.61 Å². The zero-order chi connectivity index (χ0) is 26.2. The summed E-state index contributed by atoms with van der Waals surface area (Å²) in [6.07, 6.45) is -4.20. The smallest absolute Gasteiger partial charge is 0.416 e. The van der Waals surface area contributed by atoms with Crippen molar-refractivity contribution in [1.82, 2.24) is 10.6 Å². The molecule has 1 heterocycles. The van der Waals surface area contributed by atoms with Crippen molar-refractivity contribution >= 4 is 12.0 Å². The van der Waals surface area contributed by atoms with Gasteiger partial charge in [-0.05, 0) is 79.0 Å². The molecule has 0 aromatic heterocycles. The van der Waals surface area contributed by atoms with Crippen LogP contribution in [0.15, 0.2) is 18.2 Å². The van der Waals surface area contributed by atoms with E-state index in [0.717, 1.165) is 12.1 Å². The number of nitrogens with one attached hydrogen (secondary N) is 2. The van der Waals surface area contributed by atoms with Crippen molar-refractivity contribution in [3.8, 4) is 5.75 Å². The first-order chi connectivity index (χ1) is 16.0. The number of halogens is 3. The molecule has 3 rings (SSSR count). The molecule has 10 heteroatoms. The molecular weight excluding hydrogens is 465 g/mol. The summed E-state index contributed by atoms with van der Waals surface area (Å²) in [5.41, 5.74) is -2.73. The Bertz CT molecular complexity index is 952. The summed E-state index contributed by atoms with van der Waals surface area (Å²) < 4.78 is 56.9. The number of amides is 2. The monoisotopic (exact) mass is 500 g/mol. The van der Waals surface area contributed by atoms with Gasteiger partial charge in [0.2, 0.25) is 5.91 Å². The van der Waals surface area contributed by atoms with Gasteiger partial charge in [0, 0.05) is 24.8 Å². The van der Waals surface area contributed by atoms with Crippen molar-refractivity contribution in [2.45, 2.75) is 96.9 Å². The minimum absolute atomic E-state index is 0.132. The lowest BCUT2D eigenvalue weighted by Gasteiger charge is -2.28. The van der Waals surface area contributed by atoms with Gasteiger partial charge in [-0.1, -0.05) is 0 Å². The second kappa shape index (κ2) is 9.52. The average molecular weight is 501 g/mol. The van der Waals surface area contributed by atoms with Crippen LogP contribution in [-0.4, -0.2) is 42.0 Å². The highest BCUT2D eigenvalue weighted by Gasteiger charge is 2.56. The molecule has 2 fully saturated rings. The minimum Gasteiger partial charge on any atom is -0.488 e. The predicted molar refractivity (Wildman–Crippen MR) is 123 cm³/mol. The Kier molecular flexibility index (Phi) is 7.37. The Balaban J connectivity index is 1.74. The molecule has 1 saturated carbocycles. The molecule has 3 atom stereocenters. The fourth-order valence-corrected chi connectivity index (χ4v) is 4.62. The second-order valence-corrected chi connectivity index (χ2v) is 11.3. The van der Waals surface area contributed by atoms with Gasteiger partial charge in [-0.25, -0.2) is 4.79 Å². The highest BCUT2D eigenvalue weighted by atomic mass is 19.4. The fraction of sp³-hybridized carbons (Fsp3) is 0.680. The van der Waals surface area contributed by atoms with E-state index in [1.807, 2.05) is 0 Å². The minimum atomic E-state index is -4.52. The lowest BCUT2D eigenvalue weighted by Crippen LogP contribution is -2.44. The summed E-state index contributed by atoms with van der Waals surface area (Å²) >= 11 is 0. The van der Waals surface area contributed by atoms with Gasteiger partial charge in [0.15, 0.2) is 0 Å². The second-order valence-electron chi connectivity index (χ2n) is 11.3. The molecule has 1 aliphatic heterocycles. The molecule has 1 saturated heterocycles. The normalized spacial score (nSPS) is 24.6. The molecule has 2 amide bonds. The molecule has 2 N–H and O–H groups in total. The van der Waals surface area contributed by atoms with Crippen molar-refractivity contribution < 1.29 is 37.0 Å². The number of carbonyl (C=O) groups excluding carboxylic acids is 2. The van der Waals surface area contributed by atoms with E-state index in [1.54, 1.807) is 41.5 Å². The third-order valence-electron chi connectivity index (χ3n) is 6.01. The zero-order valence-corrected chi connectivity index (χ0v) is 21.1. The molecule has 1 aromatic carbocycles. The van der Waals surface area contributed by atoms with E-state index >= 15 is 0 Å². The molecule has 1 aromatic rings. The first kappa shape index (κ1) is 27.1. The van der Waals surface area contributed by atoms with Crippen molar-refractivity contribution in [3.05, 3.63) is 29.3 Å². The Morgan fingerprint density at radius 2 is 1.80 bits per heavy atom. The number of hydrogen-bond donors (Lipinski definition) is 2. The van der Waals surface area contributed by atoms with Gasteiger partial charge in [0.1, 0.15) is 17.0 Å². The summed E-state index contributed by atoms with van der Waals surface area (Å²) in [5.74, 6) is -0.0361. The molecule has 0 radical (unpaired) electrons. The standard InChI is InChI=1S/C25H35F3N2O5/c1-22(2,3)34-18-8-7-16(25(26,27)28)11-15(18)14-29-20(31)24-9-10-33-19(24)12-17(13-24)30-21(32)35-23(4,5)6/h7-8,11,17,19H,9-10,12-14H2,1-6H3,(H,29,31)(H,30,32). The van der Waals surface area contributed by atoms with Crippen LogP contribution in [0, 0.1) is 5.41 Å². The Morgan fingerprint density at radius 1 is 1.11 bits per heavy atom. The maximum atomic E-state index is 13.4. The fourth-order valence-electron chi connectivity index (χ4n) is 4.62. The van der Waals surface area contributed by atoms with Crippen LogP contribution in [-0.2, 0) is 27.0 Å². The van der Waals surface area contributed by atoms with E-state index in [0.29, 0.717) is 25.9 Å². The van der Waals surface area contributed by atoms with Crippen LogP contribution in [0.25, 0.3) is 0 Å². The molecule has 35 heavy (non-hydrogen) atoms. The molecule has 0 bridgehead atoms. The highest BCUT2D eigenvalue weighted by Crippen LogP contribution is 2.48. The van der Waals surface area contributed by atoms with Crippen LogP contribution < -0.4 is 15.4 Å². The van der Waals surface area contributed by atoms with Gasteiger partial charge in [-0.3, -0.25) is 4.79 Å². The molecule has 196 valence electrons. The summed E-state index contributed by atoms with van der Waals surface area (Å²) in [4.78, 5) is 25.6.